The van der Waals surface area contributed by atoms with Gasteiger partial charge >= 0.3 is 0 Å². The number of hydrogen-bond acceptors (Lipinski definition) is 3. The van der Waals surface area contributed by atoms with E-state index in [1.165, 1.54) is 37.3 Å². The fourth-order valence-electron chi connectivity index (χ4n) is 3.66. The minimum absolute atomic E-state index is 0.0705. The SMILES string of the molecule is CC(=O)N(c1nc(C[NH+]2CCC(C)CC2)cs1)c1c(C)cc(C)cc1Cl. The number of likely N-dealkylation sites (tertiary alicyclic amines) is 1. The fraction of sp³-hybridized carbons (Fsp3) is 0.500. The molecule has 1 aliphatic rings. The second kappa shape index (κ2) is 8.07. The molecule has 1 saturated heterocycles. The number of thiazole rings is 1. The zero-order chi connectivity index (χ0) is 18.8. The summed E-state index contributed by atoms with van der Waals surface area (Å²) in [5.74, 6) is 0.767. The topological polar surface area (TPSA) is 37.6 Å². The van der Waals surface area contributed by atoms with Crippen molar-refractivity contribution in [3.63, 3.8) is 0 Å². The quantitative estimate of drug-likeness (QED) is 0.856. The van der Waals surface area contributed by atoms with Crippen LogP contribution in [0.25, 0.3) is 0 Å². The Morgan fingerprint density at radius 1 is 1.35 bits per heavy atom. The smallest absolute Gasteiger partial charge is 0.230 e. The molecule has 1 aromatic heterocycles. The van der Waals surface area contributed by atoms with Gasteiger partial charge in [0, 0.05) is 12.3 Å². The number of carbonyl (C=O) groups excluding carboxylic acids is 1. The van der Waals surface area contributed by atoms with Crippen LogP contribution in [0.3, 0.4) is 0 Å². The lowest BCUT2D eigenvalue weighted by Crippen LogP contribution is -3.11. The summed E-state index contributed by atoms with van der Waals surface area (Å²) in [6, 6.07) is 3.94. The van der Waals surface area contributed by atoms with Crippen LogP contribution in [0.2, 0.25) is 5.02 Å². The summed E-state index contributed by atoms with van der Waals surface area (Å²) in [6.45, 7) is 11.2. The first-order valence-corrected chi connectivity index (χ1v) is 10.5. The molecule has 0 saturated carbocycles. The zero-order valence-electron chi connectivity index (χ0n) is 15.9. The molecule has 1 amide bonds. The molecule has 0 atom stereocenters. The lowest BCUT2D eigenvalue weighted by atomic mass is 9.99. The van der Waals surface area contributed by atoms with E-state index in [1.807, 2.05) is 26.0 Å². The van der Waals surface area contributed by atoms with Gasteiger partial charge in [-0.3, -0.25) is 9.69 Å². The van der Waals surface area contributed by atoms with Gasteiger partial charge in [0.2, 0.25) is 5.91 Å². The van der Waals surface area contributed by atoms with Crippen molar-refractivity contribution in [3.05, 3.63) is 39.4 Å². The zero-order valence-corrected chi connectivity index (χ0v) is 17.5. The molecule has 0 spiro atoms. The summed E-state index contributed by atoms with van der Waals surface area (Å²) in [5, 5.41) is 3.37. The molecule has 1 N–H and O–H groups in total. The van der Waals surface area contributed by atoms with Gasteiger partial charge in [-0.15, -0.1) is 11.3 Å². The number of carbonyl (C=O) groups is 1. The first-order valence-electron chi connectivity index (χ1n) is 9.20. The van der Waals surface area contributed by atoms with E-state index < -0.39 is 0 Å². The highest BCUT2D eigenvalue weighted by Gasteiger charge is 2.24. The van der Waals surface area contributed by atoms with E-state index in [1.54, 1.807) is 16.7 Å². The average molecular weight is 393 g/mol. The van der Waals surface area contributed by atoms with E-state index in [-0.39, 0.29) is 5.91 Å². The number of quaternary nitrogens is 1. The summed E-state index contributed by atoms with van der Waals surface area (Å²) in [7, 11) is 0. The van der Waals surface area contributed by atoms with Gasteiger partial charge in [-0.2, -0.15) is 0 Å². The van der Waals surface area contributed by atoms with Crippen molar-refractivity contribution in [2.24, 2.45) is 5.92 Å². The number of rotatable bonds is 4. The van der Waals surface area contributed by atoms with E-state index >= 15 is 0 Å². The van der Waals surface area contributed by atoms with E-state index in [2.05, 4.69) is 12.3 Å². The average Bonchev–Trinajstić information content (AvgIpc) is 3.00. The Balaban J connectivity index is 1.84. The molecule has 1 aliphatic heterocycles. The molecule has 0 unspecified atom stereocenters. The Morgan fingerprint density at radius 2 is 2.04 bits per heavy atom. The second-order valence-corrected chi connectivity index (χ2v) is 8.74. The van der Waals surface area contributed by atoms with E-state index in [9.17, 15) is 4.79 Å². The Labute approximate surface area is 164 Å². The first kappa shape index (κ1) is 19.3. The Kier molecular flexibility index (Phi) is 6.00. The third-order valence-electron chi connectivity index (χ3n) is 5.08. The van der Waals surface area contributed by atoms with Crippen molar-refractivity contribution in [2.45, 2.75) is 47.1 Å². The number of amides is 1. The Morgan fingerprint density at radius 3 is 2.65 bits per heavy atom. The first-order chi connectivity index (χ1) is 12.3. The van der Waals surface area contributed by atoms with Crippen molar-refractivity contribution in [2.75, 3.05) is 18.0 Å². The van der Waals surface area contributed by atoms with Gasteiger partial charge in [-0.1, -0.05) is 24.6 Å². The van der Waals surface area contributed by atoms with Gasteiger partial charge in [0.1, 0.15) is 12.2 Å². The number of aryl methyl sites for hydroxylation is 2. The predicted molar refractivity (Wildman–Crippen MR) is 109 cm³/mol. The molecule has 2 heterocycles. The Hall–Kier alpha value is -1.43. The van der Waals surface area contributed by atoms with Gasteiger partial charge in [0.25, 0.3) is 0 Å². The van der Waals surface area contributed by atoms with E-state index in [0.29, 0.717) is 10.2 Å². The van der Waals surface area contributed by atoms with Crippen LogP contribution in [0.5, 0.6) is 0 Å². The molecule has 6 heteroatoms. The molecule has 2 aromatic rings. The van der Waals surface area contributed by atoms with Crippen LogP contribution in [0, 0.1) is 19.8 Å². The number of hydrogen-bond donors (Lipinski definition) is 1. The maximum Gasteiger partial charge on any atom is 0.230 e. The molecular weight excluding hydrogens is 366 g/mol. The summed E-state index contributed by atoms with van der Waals surface area (Å²) in [6.07, 6.45) is 2.56. The highest BCUT2D eigenvalue weighted by Crippen LogP contribution is 2.37. The van der Waals surface area contributed by atoms with Crippen molar-refractivity contribution in [3.8, 4) is 0 Å². The highest BCUT2D eigenvalue weighted by molar-refractivity contribution is 7.14. The molecule has 1 fully saturated rings. The minimum Gasteiger partial charge on any atom is -0.330 e. The lowest BCUT2D eigenvalue weighted by molar-refractivity contribution is -0.920. The molecule has 0 bridgehead atoms. The Bertz CT molecular complexity index is 773. The third kappa shape index (κ3) is 4.27. The number of nitrogens with zero attached hydrogens (tertiary/aromatic N) is 2. The van der Waals surface area contributed by atoms with Crippen LogP contribution in [0.1, 0.15) is 43.5 Å². The standard InChI is InChI=1S/C20H26ClN3OS/c1-13-5-7-23(8-6-13)11-17-12-26-20(22-17)24(16(4)25)19-15(3)9-14(2)10-18(19)21/h9-10,12-13H,5-8,11H2,1-4H3/p+1. The molecule has 26 heavy (non-hydrogen) atoms. The maximum absolute atomic E-state index is 12.4. The van der Waals surface area contributed by atoms with Crippen LogP contribution in [-0.4, -0.2) is 24.0 Å². The number of aromatic nitrogens is 1. The largest absolute Gasteiger partial charge is 0.330 e. The van der Waals surface area contributed by atoms with Crippen molar-refractivity contribution in [1.29, 1.82) is 0 Å². The number of nitrogens with one attached hydrogen (secondary N) is 1. The third-order valence-corrected chi connectivity index (χ3v) is 6.24. The second-order valence-electron chi connectivity index (χ2n) is 7.50. The predicted octanol–water partition coefficient (Wildman–Crippen LogP) is 3.91. The van der Waals surface area contributed by atoms with Gasteiger partial charge in [-0.25, -0.2) is 4.98 Å². The molecule has 140 valence electrons. The summed E-state index contributed by atoms with van der Waals surface area (Å²) in [5.41, 5.74) is 3.87. The number of halogens is 1. The van der Waals surface area contributed by atoms with Crippen LogP contribution < -0.4 is 9.80 Å². The fourth-order valence-corrected chi connectivity index (χ4v) is 4.94. The van der Waals surface area contributed by atoms with Gasteiger partial charge in [-0.05, 0) is 49.8 Å². The highest BCUT2D eigenvalue weighted by atomic mass is 35.5. The number of anilines is 2. The van der Waals surface area contributed by atoms with Crippen molar-refractivity contribution < 1.29 is 9.69 Å². The van der Waals surface area contributed by atoms with Gasteiger partial charge < -0.3 is 4.90 Å². The van der Waals surface area contributed by atoms with Gasteiger partial charge in [0.15, 0.2) is 5.13 Å². The number of benzene rings is 1. The van der Waals surface area contributed by atoms with Gasteiger partial charge in [0.05, 0.1) is 23.8 Å². The monoisotopic (exact) mass is 392 g/mol. The molecule has 0 radical (unpaired) electrons. The lowest BCUT2D eigenvalue weighted by Gasteiger charge is -2.26. The maximum atomic E-state index is 12.4. The molecule has 3 rings (SSSR count). The normalized spacial score (nSPS) is 20.2. The van der Waals surface area contributed by atoms with E-state index in [0.717, 1.165) is 35.0 Å². The summed E-state index contributed by atoms with van der Waals surface area (Å²) >= 11 is 7.99. The summed E-state index contributed by atoms with van der Waals surface area (Å²) in [4.78, 5) is 20.4. The number of piperidine rings is 1. The van der Waals surface area contributed by atoms with Crippen LogP contribution in [0.15, 0.2) is 17.5 Å². The van der Waals surface area contributed by atoms with Crippen LogP contribution in [0.4, 0.5) is 10.8 Å². The molecule has 4 nitrogen and oxygen atoms in total. The molecule has 1 aromatic carbocycles. The molecular formula is C20H27ClN3OS+. The van der Waals surface area contributed by atoms with Crippen molar-refractivity contribution >= 4 is 39.7 Å². The minimum atomic E-state index is -0.0705. The molecule has 0 aliphatic carbocycles. The van der Waals surface area contributed by atoms with E-state index in [4.69, 9.17) is 16.6 Å². The van der Waals surface area contributed by atoms with Crippen molar-refractivity contribution in [1.82, 2.24) is 4.98 Å². The van der Waals surface area contributed by atoms with Crippen LogP contribution in [-0.2, 0) is 11.3 Å². The van der Waals surface area contributed by atoms with Crippen LogP contribution >= 0.6 is 22.9 Å². The summed E-state index contributed by atoms with van der Waals surface area (Å²) < 4.78 is 0.